The Bertz CT molecular complexity index is 1380. The molecular weight excluding hydrogens is 560 g/mol. The van der Waals surface area contributed by atoms with Crippen molar-refractivity contribution < 1.29 is 14.3 Å². The molecule has 0 spiro atoms. The number of benzene rings is 1. The van der Waals surface area contributed by atoms with E-state index in [0.29, 0.717) is 39.3 Å². The zero-order chi connectivity index (χ0) is 28.9. The number of nitrogens with one attached hydrogen (secondary N) is 2. The number of carbonyl (C=O) groups is 1. The van der Waals surface area contributed by atoms with Gasteiger partial charge in [0.25, 0.3) is 17.3 Å². The summed E-state index contributed by atoms with van der Waals surface area (Å²) in [5.74, 6) is 0.181. The highest BCUT2D eigenvalue weighted by atomic mass is 35.5. The third-order valence-corrected chi connectivity index (χ3v) is 10.8. The van der Waals surface area contributed by atoms with Crippen molar-refractivity contribution in [1.82, 2.24) is 20.1 Å². The van der Waals surface area contributed by atoms with Gasteiger partial charge in [0.15, 0.2) is 11.5 Å². The zero-order valence-corrected chi connectivity index (χ0v) is 26.1. The van der Waals surface area contributed by atoms with Crippen LogP contribution in [0.4, 0.5) is 0 Å². The van der Waals surface area contributed by atoms with Gasteiger partial charge in [0.1, 0.15) is 0 Å². The number of hydrogen-bond donors (Lipinski definition) is 2. The minimum Gasteiger partial charge on any atom is -0.448 e. The number of fused-ring (bicyclic) bond motifs is 1. The first kappa shape index (κ1) is 28.9. The van der Waals surface area contributed by atoms with Crippen LogP contribution >= 0.6 is 23.4 Å². The van der Waals surface area contributed by atoms with Gasteiger partial charge in [-0.3, -0.25) is 19.4 Å². The smallest absolute Gasteiger partial charge is 0.254 e. The third kappa shape index (κ3) is 5.51. The van der Waals surface area contributed by atoms with Crippen LogP contribution in [0, 0.1) is 19.8 Å². The van der Waals surface area contributed by atoms with Crippen molar-refractivity contribution in [3.05, 3.63) is 49.9 Å². The number of rotatable bonds is 7. The van der Waals surface area contributed by atoms with Gasteiger partial charge in [-0.15, -0.1) is 11.8 Å². The van der Waals surface area contributed by atoms with Gasteiger partial charge < -0.3 is 19.8 Å². The van der Waals surface area contributed by atoms with Gasteiger partial charge in [-0.05, 0) is 83.9 Å². The molecule has 0 radical (unpaired) electrons. The first-order valence-electron chi connectivity index (χ1n) is 14.9. The summed E-state index contributed by atoms with van der Waals surface area (Å²) in [6, 6.07) is 4.96. The predicted molar refractivity (Wildman–Crippen MR) is 163 cm³/mol. The number of H-pyrrole nitrogens is 1. The number of nitrogens with zero attached hydrogens (tertiary/aromatic N) is 2. The Hall–Kier alpha value is -2.20. The lowest BCUT2D eigenvalue weighted by Crippen LogP contribution is -2.62. The summed E-state index contributed by atoms with van der Waals surface area (Å²) in [7, 11) is 0. The van der Waals surface area contributed by atoms with Crippen molar-refractivity contribution in [3.63, 3.8) is 0 Å². The first-order valence-corrected chi connectivity index (χ1v) is 16.5. The van der Waals surface area contributed by atoms with Gasteiger partial charge in [0.05, 0.1) is 5.02 Å². The molecule has 8 nitrogen and oxygen atoms in total. The molecule has 2 saturated heterocycles. The van der Waals surface area contributed by atoms with E-state index < -0.39 is 5.79 Å². The fraction of sp³-hybridized carbons (Fsp3) is 0.613. The summed E-state index contributed by atoms with van der Waals surface area (Å²) in [4.78, 5) is 34.8. The second-order valence-corrected chi connectivity index (χ2v) is 13.5. The monoisotopic (exact) mass is 600 g/mol. The largest absolute Gasteiger partial charge is 0.448 e. The first-order chi connectivity index (χ1) is 19.7. The highest BCUT2D eigenvalue weighted by molar-refractivity contribution is 7.98. The number of halogens is 1. The number of likely N-dealkylation sites (tertiary alicyclic amines) is 2. The number of amides is 1. The lowest BCUT2D eigenvalue weighted by molar-refractivity contribution is -0.127. The van der Waals surface area contributed by atoms with Crippen LogP contribution in [0.25, 0.3) is 0 Å². The molecule has 10 heteroatoms. The highest BCUT2D eigenvalue weighted by Gasteiger charge is 2.48. The van der Waals surface area contributed by atoms with E-state index in [1.807, 2.05) is 33.1 Å². The SMILES string of the molecule is CSc1cc(C)[nH]c(=O)c1CNC(=O)c1cc(Cl)c2c(c1C)O[C@@](C)(C1CCC(N3CC(N4CCCC4)C3)CC1)O2. The number of aromatic nitrogens is 1. The number of pyridine rings is 1. The molecule has 4 heterocycles. The quantitative estimate of drug-likeness (QED) is 0.427. The van der Waals surface area contributed by atoms with Crippen molar-refractivity contribution in [2.24, 2.45) is 5.92 Å². The minimum absolute atomic E-state index is 0.118. The Morgan fingerprint density at radius 1 is 1.07 bits per heavy atom. The lowest BCUT2D eigenvalue weighted by Gasteiger charge is -2.50. The summed E-state index contributed by atoms with van der Waals surface area (Å²) < 4.78 is 13.0. The molecule has 1 aromatic heterocycles. The van der Waals surface area contributed by atoms with E-state index >= 15 is 0 Å². The molecule has 1 aromatic carbocycles. The van der Waals surface area contributed by atoms with Gasteiger partial charge in [-0.1, -0.05) is 11.6 Å². The van der Waals surface area contributed by atoms with Crippen molar-refractivity contribution in [1.29, 1.82) is 0 Å². The standard InChI is InChI=1S/C31H41ClN4O4S/c1-18-13-26(41-4)24(30(38)34-18)15-33-29(37)23-14-25(32)28-27(19(23)2)39-31(3,40-28)20-7-9-21(10-8-20)36-16-22(17-36)35-11-5-6-12-35/h13-14,20-22H,5-12,15-17H2,1-4H3,(H,33,37)(H,34,38)/t20?,21?,31-/m1/s1. The predicted octanol–water partition coefficient (Wildman–Crippen LogP) is 5.12. The molecular formula is C31H41ClN4O4S. The molecule has 1 amide bonds. The van der Waals surface area contributed by atoms with Gasteiger partial charge in [0, 0.05) is 71.8 Å². The Morgan fingerprint density at radius 2 is 1.76 bits per heavy atom. The molecule has 2 N–H and O–H groups in total. The minimum atomic E-state index is -0.813. The second kappa shape index (κ2) is 11.5. The maximum atomic E-state index is 13.3. The molecule has 3 fully saturated rings. The van der Waals surface area contributed by atoms with E-state index in [1.54, 1.807) is 6.07 Å². The molecule has 0 unspecified atom stereocenters. The molecule has 222 valence electrons. The Kier molecular flexibility index (Phi) is 8.09. The molecule has 1 aliphatic carbocycles. The van der Waals surface area contributed by atoms with Crippen molar-refractivity contribution in [2.45, 2.75) is 88.6 Å². The van der Waals surface area contributed by atoms with Crippen LogP contribution in [0.1, 0.15) is 72.6 Å². The number of hydrogen-bond acceptors (Lipinski definition) is 7. The van der Waals surface area contributed by atoms with Crippen LogP contribution in [0.5, 0.6) is 11.5 Å². The molecule has 2 aromatic rings. The number of aryl methyl sites for hydroxylation is 1. The third-order valence-electron chi connectivity index (χ3n) is 9.67. The molecule has 1 saturated carbocycles. The maximum Gasteiger partial charge on any atom is 0.254 e. The van der Waals surface area contributed by atoms with Crippen molar-refractivity contribution >= 4 is 29.3 Å². The average molecular weight is 601 g/mol. The summed E-state index contributed by atoms with van der Waals surface area (Å²) in [6.45, 7) is 10.8. The Morgan fingerprint density at radius 3 is 2.44 bits per heavy atom. The number of carbonyl (C=O) groups excluding carboxylic acids is 1. The Labute approximate surface area is 251 Å². The lowest BCUT2D eigenvalue weighted by atomic mass is 9.80. The molecule has 0 bridgehead atoms. The van der Waals surface area contributed by atoms with Crippen LogP contribution in [0.3, 0.4) is 0 Å². The van der Waals surface area contributed by atoms with E-state index in [0.717, 1.165) is 42.3 Å². The van der Waals surface area contributed by atoms with Crippen LogP contribution in [0.2, 0.25) is 5.02 Å². The molecule has 3 aliphatic heterocycles. The van der Waals surface area contributed by atoms with E-state index in [9.17, 15) is 9.59 Å². The summed E-state index contributed by atoms with van der Waals surface area (Å²) in [5.41, 5.74) is 2.24. The topological polar surface area (TPSA) is 86.9 Å². The van der Waals surface area contributed by atoms with Crippen LogP contribution < -0.4 is 20.3 Å². The highest BCUT2D eigenvalue weighted by Crippen LogP contribution is 2.52. The molecule has 1 atom stereocenters. The molecule has 41 heavy (non-hydrogen) atoms. The van der Waals surface area contributed by atoms with E-state index in [1.165, 1.54) is 50.8 Å². The maximum absolute atomic E-state index is 13.3. The van der Waals surface area contributed by atoms with Gasteiger partial charge in [-0.2, -0.15) is 0 Å². The molecule has 6 rings (SSSR count). The summed E-state index contributed by atoms with van der Waals surface area (Å²) in [5, 5.41) is 3.27. The van der Waals surface area contributed by atoms with E-state index in [2.05, 4.69) is 20.1 Å². The summed E-state index contributed by atoms with van der Waals surface area (Å²) in [6.07, 6.45) is 8.98. The van der Waals surface area contributed by atoms with E-state index in [4.69, 9.17) is 21.1 Å². The van der Waals surface area contributed by atoms with Gasteiger partial charge in [0.2, 0.25) is 0 Å². The average Bonchev–Trinajstić information content (AvgIpc) is 3.58. The number of ether oxygens (including phenoxy) is 2. The fourth-order valence-corrected chi connectivity index (χ4v) is 8.08. The Balaban J connectivity index is 1.09. The number of aromatic amines is 1. The van der Waals surface area contributed by atoms with Crippen molar-refractivity contribution in [2.75, 3.05) is 32.4 Å². The summed E-state index contributed by atoms with van der Waals surface area (Å²) >= 11 is 8.15. The normalized spacial score (nSPS) is 26.8. The van der Waals surface area contributed by atoms with Crippen molar-refractivity contribution in [3.8, 4) is 11.5 Å². The second-order valence-electron chi connectivity index (χ2n) is 12.3. The fourth-order valence-electron chi connectivity index (χ4n) is 7.14. The van der Waals surface area contributed by atoms with E-state index in [-0.39, 0.29) is 23.9 Å². The van der Waals surface area contributed by atoms with Crippen LogP contribution in [0.15, 0.2) is 21.8 Å². The number of thioether (sulfide) groups is 1. The molecule has 4 aliphatic rings. The van der Waals surface area contributed by atoms with Gasteiger partial charge >= 0.3 is 0 Å². The van der Waals surface area contributed by atoms with Crippen LogP contribution in [-0.2, 0) is 6.54 Å². The zero-order valence-electron chi connectivity index (χ0n) is 24.5. The van der Waals surface area contributed by atoms with Crippen LogP contribution in [-0.4, -0.2) is 71.0 Å². The van der Waals surface area contributed by atoms with Gasteiger partial charge in [-0.25, -0.2) is 0 Å².